The molecule has 4 rings (SSSR count). The maximum Gasteiger partial charge on any atom is 0.250 e. The number of hydrazone groups is 1. The van der Waals surface area contributed by atoms with Crippen LogP contribution in [0.2, 0.25) is 0 Å². The van der Waals surface area contributed by atoms with Crippen molar-refractivity contribution in [3.05, 3.63) is 95.8 Å². The van der Waals surface area contributed by atoms with Crippen molar-refractivity contribution in [1.82, 2.24) is 20.2 Å². The number of nitrogens with zero attached hydrogens (tertiary/aromatic N) is 4. The molecule has 32 heavy (non-hydrogen) atoms. The average molecular weight is 446 g/mol. The van der Waals surface area contributed by atoms with Crippen LogP contribution in [0.3, 0.4) is 0 Å². The van der Waals surface area contributed by atoms with Gasteiger partial charge in [-0.1, -0.05) is 71.9 Å². The van der Waals surface area contributed by atoms with Crippen molar-refractivity contribution in [2.75, 3.05) is 5.75 Å². The maximum atomic E-state index is 13.0. The normalized spacial score (nSPS) is 11.1. The van der Waals surface area contributed by atoms with Crippen LogP contribution in [0.1, 0.15) is 11.1 Å². The summed E-state index contributed by atoms with van der Waals surface area (Å²) in [4.78, 5) is 12.3. The molecular formula is C24H20FN5OS. The van der Waals surface area contributed by atoms with Gasteiger partial charge in [0.15, 0.2) is 11.0 Å². The fraction of sp³-hybridized carbons (Fsp3) is 0.0833. The molecule has 3 aromatic carbocycles. The lowest BCUT2D eigenvalue weighted by Gasteiger charge is -2.10. The lowest BCUT2D eigenvalue weighted by molar-refractivity contribution is -0.118. The predicted molar refractivity (Wildman–Crippen MR) is 124 cm³/mol. The third kappa shape index (κ3) is 5.28. The Kier molecular flexibility index (Phi) is 6.72. The van der Waals surface area contributed by atoms with Gasteiger partial charge in [0, 0.05) is 11.3 Å². The first-order chi connectivity index (χ1) is 15.6. The largest absolute Gasteiger partial charge is 0.272 e. The van der Waals surface area contributed by atoms with Crippen LogP contribution in [0.25, 0.3) is 17.1 Å². The van der Waals surface area contributed by atoms with E-state index >= 15 is 0 Å². The number of hydrogen-bond donors (Lipinski definition) is 1. The van der Waals surface area contributed by atoms with Crippen LogP contribution in [-0.4, -0.2) is 32.6 Å². The molecule has 160 valence electrons. The molecule has 1 heterocycles. The second kappa shape index (κ2) is 10.0. The van der Waals surface area contributed by atoms with Crippen molar-refractivity contribution in [3.8, 4) is 17.1 Å². The minimum Gasteiger partial charge on any atom is -0.272 e. The molecule has 1 N–H and O–H groups in total. The Hall–Kier alpha value is -3.78. The highest BCUT2D eigenvalue weighted by Crippen LogP contribution is 2.28. The topological polar surface area (TPSA) is 72.2 Å². The van der Waals surface area contributed by atoms with Gasteiger partial charge in [-0.2, -0.15) is 5.10 Å². The summed E-state index contributed by atoms with van der Waals surface area (Å²) in [5.74, 6) is 0.205. The van der Waals surface area contributed by atoms with E-state index in [1.165, 1.54) is 30.1 Å². The Morgan fingerprint density at radius 2 is 1.75 bits per heavy atom. The number of thioether (sulfide) groups is 1. The molecule has 8 heteroatoms. The Morgan fingerprint density at radius 1 is 1.03 bits per heavy atom. The zero-order valence-electron chi connectivity index (χ0n) is 17.3. The number of carbonyl (C=O) groups is 1. The molecule has 0 aliphatic heterocycles. The van der Waals surface area contributed by atoms with E-state index in [9.17, 15) is 9.18 Å². The standard InChI is InChI=1S/C24H20FN5OS/c1-17-7-11-19(12-8-17)23-28-29-24(30(23)21-5-3-2-4-6-21)32-16-22(31)27-26-15-18-9-13-20(25)14-10-18/h2-15H,16H2,1H3,(H,27,31)/b26-15+. The van der Waals surface area contributed by atoms with Crippen LogP contribution in [0.4, 0.5) is 4.39 Å². The molecule has 0 spiro atoms. The number of halogens is 1. The van der Waals surface area contributed by atoms with Gasteiger partial charge in [-0.15, -0.1) is 10.2 Å². The molecule has 0 aliphatic rings. The lowest BCUT2D eigenvalue weighted by Crippen LogP contribution is -2.20. The Bertz CT molecular complexity index is 1220. The summed E-state index contributed by atoms with van der Waals surface area (Å²) in [6.07, 6.45) is 1.46. The summed E-state index contributed by atoms with van der Waals surface area (Å²) in [7, 11) is 0. The third-order valence-electron chi connectivity index (χ3n) is 4.56. The Morgan fingerprint density at radius 3 is 2.47 bits per heavy atom. The lowest BCUT2D eigenvalue weighted by atomic mass is 10.1. The van der Waals surface area contributed by atoms with E-state index in [4.69, 9.17) is 0 Å². The SMILES string of the molecule is Cc1ccc(-c2nnc(SCC(=O)N/N=C/c3ccc(F)cc3)n2-c2ccccc2)cc1. The molecular weight excluding hydrogens is 425 g/mol. The number of aryl methyl sites for hydroxylation is 1. The van der Waals surface area contributed by atoms with Crippen LogP contribution in [0.15, 0.2) is 89.1 Å². The van der Waals surface area contributed by atoms with Gasteiger partial charge in [-0.25, -0.2) is 9.82 Å². The highest BCUT2D eigenvalue weighted by Gasteiger charge is 2.17. The monoisotopic (exact) mass is 445 g/mol. The van der Waals surface area contributed by atoms with Crippen molar-refractivity contribution in [2.24, 2.45) is 5.10 Å². The van der Waals surface area contributed by atoms with Crippen molar-refractivity contribution in [1.29, 1.82) is 0 Å². The maximum absolute atomic E-state index is 13.0. The van der Waals surface area contributed by atoms with Gasteiger partial charge in [-0.05, 0) is 36.8 Å². The smallest absolute Gasteiger partial charge is 0.250 e. The second-order valence-corrected chi connectivity index (χ2v) is 7.92. The number of benzene rings is 3. The number of amides is 1. The first-order valence-electron chi connectivity index (χ1n) is 9.88. The molecule has 0 saturated heterocycles. The zero-order chi connectivity index (χ0) is 22.3. The molecule has 0 aliphatic carbocycles. The summed E-state index contributed by atoms with van der Waals surface area (Å²) < 4.78 is 14.9. The van der Waals surface area contributed by atoms with Gasteiger partial charge in [0.25, 0.3) is 5.91 Å². The second-order valence-electron chi connectivity index (χ2n) is 6.98. The molecule has 0 radical (unpaired) electrons. The molecule has 0 atom stereocenters. The third-order valence-corrected chi connectivity index (χ3v) is 5.49. The van der Waals surface area contributed by atoms with E-state index in [2.05, 4.69) is 20.7 Å². The van der Waals surface area contributed by atoms with E-state index in [-0.39, 0.29) is 17.5 Å². The predicted octanol–water partition coefficient (Wildman–Crippen LogP) is 4.62. The quantitative estimate of drug-likeness (QED) is 0.256. The molecule has 0 saturated carbocycles. The molecule has 6 nitrogen and oxygen atoms in total. The molecule has 0 unspecified atom stereocenters. The summed E-state index contributed by atoms with van der Waals surface area (Å²) >= 11 is 1.27. The van der Waals surface area contributed by atoms with Gasteiger partial charge < -0.3 is 0 Å². The number of hydrogen-bond acceptors (Lipinski definition) is 5. The Labute approximate surface area is 189 Å². The van der Waals surface area contributed by atoms with Crippen molar-refractivity contribution in [2.45, 2.75) is 12.1 Å². The average Bonchev–Trinajstić information content (AvgIpc) is 3.24. The fourth-order valence-electron chi connectivity index (χ4n) is 2.95. The first kappa shape index (κ1) is 21.5. The highest BCUT2D eigenvalue weighted by molar-refractivity contribution is 7.99. The van der Waals surface area contributed by atoms with Gasteiger partial charge in [0.2, 0.25) is 0 Å². The summed E-state index contributed by atoms with van der Waals surface area (Å²) in [5.41, 5.74) is 6.17. The molecule has 0 fully saturated rings. The van der Waals surface area contributed by atoms with Gasteiger partial charge in [0.05, 0.1) is 12.0 Å². The van der Waals surface area contributed by atoms with E-state index in [1.54, 1.807) is 12.1 Å². The summed E-state index contributed by atoms with van der Waals surface area (Å²) in [5, 5.41) is 13.2. The van der Waals surface area contributed by atoms with Crippen LogP contribution in [0, 0.1) is 12.7 Å². The van der Waals surface area contributed by atoms with E-state index < -0.39 is 0 Å². The summed E-state index contributed by atoms with van der Waals surface area (Å²) in [6.45, 7) is 2.03. The Balaban J connectivity index is 1.49. The van der Waals surface area contributed by atoms with Gasteiger partial charge >= 0.3 is 0 Å². The first-order valence-corrected chi connectivity index (χ1v) is 10.9. The van der Waals surface area contributed by atoms with Crippen LogP contribution in [0.5, 0.6) is 0 Å². The number of aromatic nitrogens is 3. The minimum atomic E-state index is -0.324. The minimum absolute atomic E-state index is 0.111. The van der Waals surface area contributed by atoms with E-state index in [1.807, 2.05) is 66.1 Å². The number of rotatable bonds is 7. The number of nitrogens with one attached hydrogen (secondary N) is 1. The van der Waals surface area contributed by atoms with Gasteiger partial charge in [0.1, 0.15) is 5.82 Å². The van der Waals surface area contributed by atoms with Crippen LogP contribution in [-0.2, 0) is 4.79 Å². The van der Waals surface area contributed by atoms with Gasteiger partial charge in [-0.3, -0.25) is 9.36 Å². The number of para-hydroxylation sites is 1. The summed E-state index contributed by atoms with van der Waals surface area (Å²) in [6, 6.07) is 23.7. The molecule has 0 bridgehead atoms. The van der Waals surface area contributed by atoms with Crippen molar-refractivity contribution < 1.29 is 9.18 Å². The molecule has 1 amide bonds. The molecule has 1 aromatic heterocycles. The van der Waals surface area contributed by atoms with E-state index in [0.29, 0.717) is 16.5 Å². The van der Waals surface area contributed by atoms with Crippen molar-refractivity contribution in [3.63, 3.8) is 0 Å². The molecule has 4 aromatic rings. The highest BCUT2D eigenvalue weighted by atomic mass is 32.2. The number of carbonyl (C=O) groups excluding carboxylic acids is 1. The van der Waals surface area contributed by atoms with Crippen molar-refractivity contribution >= 4 is 23.9 Å². The fourth-order valence-corrected chi connectivity index (χ4v) is 3.70. The van der Waals surface area contributed by atoms with Crippen LogP contribution >= 0.6 is 11.8 Å². The zero-order valence-corrected chi connectivity index (χ0v) is 18.1. The van der Waals surface area contributed by atoms with Crippen LogP contribution < -0.4 is 5.43 Å². The van der Waals surface area contributed by atoms with E-state index in [0.717, 1.165) is 16.8 Å².